The molecule has 0 saturated carbocycles. The van der Waals surface area contributed by atoms with Crippen LogP contribution in [0.4, 0.5) is 24.5 Å². The van der Waals surface area contributed by atoms with Crippen molar-refractivity contribution in [2.45, 2.75) is 18.6 Å². The summed E-state index contributed by atoms with van der Waals surface area (Å²) in [6, 6.07) is 7.00. The molecule has 2 heterocycles. The van der Waals surface area contributed by atoms with Crippen molar-refractivity contribution >= 4 is 17.3 Å². The number of alkyl halides is 3. The van der Waals surface area contributed by atoms with Crippen LogP contribution in [0.1, 0.15) is 22.5 Å². The van der Waals surface area contributed by atoms with Crippen molar-refractivity contribution in [1.82, 2.24) is 9.88 Å². The monoisotopic (exact) mass is 380 g/mol. The number of amides is 1. The molecule has 0 spiro atoms. The third-order valence-corrected chi connectivity index (χ3v) is 4.24. The number of nitrogens with one attached hydrogen (secondary N) is 1. The molecule has 1 atom stereocenters. The lowest BCUT2D eigenvalue weighted by Crippen LogP contribution is -2.32. The summed E-state index contributed by atoms with van der Waals surface area (Å²) in [6.07, 6.45) is -2.65. The SMILES string of the molecule is O=C(c1ccccn1)N1CCC(Nc2ccc(C(F)(F)F)cc2[N+](=O)[O-])C1. The summed E-state index contributed by atoms with van der Waals surface area (Å²) in [5, 5.41) is 14.0. The molecule has 1 aromatic heterocycles. The number of nitro benzene ring substituents is 1. The van der Waals surface area contributed by atoms with Crippen LogP contribution in [-0.2, 0) is 6.18 Å². The molecule has 1 aromatic carbocycles. The molecule has 10 heteroatoms. The number of hydrogen-bond acceptors (Lipinski definition) is 5. The minimum absolute atomic E-state index is 0.00913. The number of likely N-dealkylation sites (tertiary alicyclic amines) is 1. The molecule has 1 fully saturated rings. The van der Waals surface area contributed by atoms with Gasteiger partial charge < -0.3 is 10.2 Å². The number of rotatable bonds is 4. The van der Waals surface area contributed by atoms with E-state index in [1.165, 1.54) is 6.20 Å². The van der Waals surface area contributed by atoms with Crippen molar-refractivity contribution in [2.75, 3.05) is 18.4 Å². The van der Waals surface area contributed by atoms with Crippen molar-refractivity contribution in [3.63, 3.8) is 0 Å². The van der Waals surface area contributed by atoms with Gasteiger partial charge in [0, 0.05) is 31.4 Å². The van der Waals surface area contributed by atoms with Crippen LogP contribution in [0.25, 0.3) is 0 Å². The third-order valence-electron chi connectivity index (χ3n) is 4.24. The lowest BCUT2D eigenvalue weighted by molar-refractivity contribution is -0.384. The van der Waals surface area contributed by atoms with Crippen LogP contribution in [0.15, 0.2) is 42.6 Å². The predicted molar refractivity (Wildman–Crippen MR) is 90.3 cm³/mol. The minimum Gasteiger partial charge on any atom is -0.375 e. The van der Waals surface area contributed by atoms with Crippen LogP contribution in [0, 0.1) is 10.1 Å². The second-order valence-electron chi connectivity index (χ2n) is 6.08. The first-order valence-corrected chi connectivity index (χ1v) is 8.08. The van der Waals surface area contributed by atoms with E-state index in [2.05, 4.69) is 10.3 Å². The molecule has 142 valence electrons. The highest BCUT2D eigenvalue weighted by Gasteiger charge is 2.34. The molecule has 1 unspecified atom stereocenters. The molecular weight excluding hydrogens is 365 g/mol. The Balaban J connectivity index is 1.73. The maximum atomic E-state index is 12.8. The first kappa shape index (κ1) is 18.6. The Morgan fingerprint density at radius 3 is 2.70 bits per heavy atom. The van der Waals surface area contributed by atoms with Crippen LogP contribution in [0.3, 0.4) is 0 Å². The Bertz CT molecular complexity index is 858. The van der Waals surface area contributed by atoms with E-state index in [4.69, 9.17) is 0 Å². The molecule has 3 rings (SSSR count). The van der Waals surface area contributed by atoms with Gasteiger partial charge in [-0.15, -0.1) is 0 Å². The van der Waals surface area contributed by atoms with Crippen molar-refractivity contribution in [2.24, 2.45) is 0 Å². The van der Waals surface area contributed by atoms with E-state index in [1.54, 1.807) is 23.1 Å². The molecule has 0 bridgehead atoms. The van der Waals surface area contributed by atoms with Gasteiger partial charge in [0.1, 0.15) is 11.4 Å². The van der Waals surface area contributed by atoms with Crippen molar-refractivity contribution in [1.29, 1.82) is 0 Å². The molecule has 0 aliphatic carbocycles. The summed E-state index contributed by atoms with van der Waals surface area (Å²) < 4.78 is 38.3. The topological polar surface area (TPSA) is 88.4 Å². The first-order valence-electron chi connectivity index (χ1n) is 8.08. The summed E-state index contributed by atoms with van der Waals surface area (Å²) in [5.74, 6) is -0.262. The summed E-state index contributed by atoms with van der Waals surface area (Å²) in [4.78, 5) is 28.2. The van der Waals surface area contributed by atoms with Crippen molar-refractivity contribution in [3.05, 3.63) is 64.0 Å². The average Bonchev–Trinajstić information content (AvgIpc) is 3.09. The van der Waals surface area contributed by atoms with Gasteiger partial charge in [0.15, 0.2) is 0 Å². The van der Waals surface area contributed by atoms with E-state index < -0.39 is 22.4 Å². The number of halogens is 3. The molecule has 1 aliphatic rings. The molecular formula is C17H15F3N4O3. The summed E-state index contributed by atoms with van der Waals surface area (Å²) in [5.41, 5.74) is -1.46. The zero-order chi connectivity index (χ0) is 19.6. The van der Waals surface area contributed by atoms with Crippen LogP contribution >= 0.6 is 0 Å². The number of nitro groups is 1. The van der Waals surface area contributed by atoms with Gasteiger partial charge in [-0.25, -0.2) is 0 Å². The standard InChI is InChI=1S/C17H15F3N4O3/c18-17(19,20)11-4-5-13(15(9-11)24(26)27)22-12-6-8-23(10-12)16(25)14-3-1-2-7-21-14/h1-5,7,9,12,22H,6,8,10H2. The first-order chi connectivity index (χ1) is 12.8. The van der Waals surface area contributed by atoms with Crippen molar-refractivity contribution in [3.8, 4) is 0 Å². The Hall–Kier alpha value is -3.17. The number of hydrogen-bond donors (Lipinski definition) is 1. The highest BCUT2D eigenvalue weighted by molar-refractivity contribution is 5.92. The molecule has 2 aromatic rings. The molecule has 1 N–H and O–H groups in total. The Kier molecular flexibility index (Phi) is 4.98. The van der Waals surface area contributed by atoms with Gasteiger partial charge in [0.2, 0.25) is 0 Å². The van der Waals surface area contributed by atoms with Gasteiger partial charge in [-0.3, -0.25) is 19.9 Å². The number of nitrogens with zero attached hydrogens (tertiary/aromatic N) is 3. The largest absolute Gasteiger partial charge is 0.416 e. The minimum atomic E-state index is -4.66. The zero-order valence-electron chi connectivity index (χ0n) is 13.9. The zero-order valence-corrected chi connectivity index (χ0v) is 13.9. The number of carbonyl (C=O) groups excluding carboxylic acids is 1. The fourth-order valence-electron chi connectivity index (χ4n) is 2.91. The van der Waals surface area contributed by atoms with E-state index in [1.807, 2.05) is 0 Å². The second-order valence-corrected chi connectivity index (χ2v) is 6.08. The predicted octanol–water partition coefficient (Wildman–Crippen LogP) is 3.34. The molecule has 0 radical (unpaired) electrons. The molecule has 7 nitrogen and oxygen atoms in total. The molecule has 1 saturated heterocycles. The van der Waals surface area contributed by atoms with Crippen molar-refractivity contribution < 1.29 is 22.9 Å². The lowest BCUT2D eigenvalue weighted by atomic mass is 10.1. The quantitative estimate of drug-likeness (QED) is 0.649. The molecule has 1 amide bonds. The highest BCUT2D eigenvalue weighted by Crippen LogP contribution is 2.35. The van der Waals surface area contributed by atoms with Gasteiger partial charge in [0.05, 0.1) is 10.5 Å². The van der Waals surface area contributed by atoms with E-state index >= 15 is 0 Å². The van der Waals surface area contributed by atoms with Gasteiger partial charge in [-0.2, -0.15) is 13.2 Å². The van der Waals surface area contributed by atoms with Gasteiger partial charge >= 0.3 is 6.18 Å². The van der Waals surface area contributed by atoms with E-state index in [0.717, 1.165) is 12.1 Å². The smallest absolute Gasteiger partial charge is 0.375 e. The molecule has 27 heavy (non-hydrogen) atoms. The summed E-state index contributed by atoms with van der Waals surface area (Å²) >= 11 is 0. The molecule has 1 aliphatic heterocycles. The fourth-order valence-corrected chi connectivity index (χ4v) is 2.91. The fraction of sp³-hybridized carbons (Fsp3) is 0.294. The van der Waals surface area contributed by atoms with Crippen LogP contribution in [-0.4, -0.2) is 39.8 Å². The number of carbonyl (C=O) groups is 1. The van der Waals surface area contributed by atoms with Crippen LogP contribution in [0.2, 0.25) is 0 Å². The summed E-state index contributed by atoms with van der Waals surface area (Å²) in [6.45, 7) is 0.690. The number of benzene rings is 1. The normalized spacial score (nSPS) is 17.0. The average molecular weight is 380 g/mol. The van der Waals surface area contributed by atoms with Crippen LogP contribution in [0.5, 0.6) is 0 Å². The van der Waals surface area contributed by atoms with E-state index in [9.17, 15) is 28.1 Å². The maximum absolute atomic E-state index is 12.8. The third kappa shape index (κ3) is 4.15. The Morgan fingerprint density at radius 2 is 2.07 bits per heavy atom. The van der Waals surface area contributed by atoms with Gasteiger partial charge in [0.25, 0.3) is 11.6 Å². The van der Waals surface area contributed by atoms with Gasteiger partial charge in [-0.1, -0.05) is 6.07 Å². The van der Waals surface area contributed by atoms with Gasteiger partial charge in [-0.05, 0) is 30.7 Å². The second kappa shape index (κ2) is 7.22. The van der Waals surface area contributed by atoms with E-state index in [-0.39, 0.29) is 24.2 Å². The Morgan fingerprint density at radius 1 is 1.30 bits per heavy atom. The highest BCUT2D eigenvalue weighted by atomic mass is 19.4. The van der Waals surface area contributed by atoms with Crippen LogP contribution < -0.4 is 5.32 Å². The van der Waals surface area contributed by atoms with E-state index in [0.29, 0.717) is 24.7 Å². The lowest BCUT2D eigenvalue weighted by Gasteiger charge is -2.18. The Labute approximate surface area is 152 Å². The maximum Gasteiger partial charge on any atom is 0.416 e. The number of anilines is 1. The number of aromatic nitrogens is 1. The summed E-state index contributed by atoms with van der Waals surface area (Å²) in [7, 11) is 0. The number of pyridine rings is 1.